The van der Waals surface area contributed by atoms with Crippen molar-refractivity contribution in [2.45, 2.75) is 84.3 Å². The van der Waals surface area contributed by atoms with Gasteiger partial charge in [-0.3, -0.25) is 4.90 Å². The molecule has 0 spiro atoms. The maximum atomic E-state index is 3.38. The molecule has 0 saturated heterocycles. The van der Waals surface area contributed by atoms with Crippen LogP contribution in [0.2, 0.25) is 0 Å². The van der Waals surface area contributed by atoms with Crippen molar-refractivity contribution >= 4 is 0 Å². The van der Waals surface area contributed by atoms with Crippen LogP contribution < -0.4 is 5.32 Å². The fraction of sp³-hybridized carbons (Fsp3) is 1.00. The predicted molar refractivity (Wildman–Crippen MR) is 81.0 cm³/mol. The molecule has 0 aromatic carbocycles. The molecular weight excluding hydrogens is 220 g/mol. The Labute approximate surface area is 115 Å². The molecule has 1 N–H and O–H groups in total. The lowest BCUT2D eigenvalue weighted by molar-refractivity contribution is 0.125. The normalized spacial score (nSPS) is 20.8. The summed E-state index contributed by atoms with van der Waals surface area (Å²) in [4.78, 5) is 2.81. The molecule has 1 aliphatic rings. The van der Waals surface area contributed by atoms with Gasteiger partial charge in [0.1, 0.15) is 0 Å². The maximum Gasteiger partial charge on any atom is 0.00980 e. The summed E-state index contributed by atoms with van der Waals surface area (Å²) in [6, 6.07) is 2.21. The number of nitrogens with one attached hydrogen (secondary N) is 1. The molecule has 1 aliphatic carbocycles. The third-order valence-corrected chi connectivity index (χ3v) is 4.51. The lowest BCUT2D eigenvalue weighted by atomic mass is 10.0. The van der Waals surface area contributed by atoms with E-state index in [4.69, 9.17) is 0 Å². The molecule has 108 valence electrons. The zero-order valence-corrected chi connectivity index (χ0v) is 13.2. The van der Waals surface area contributed by atoms with E-state index in [2.05, 4.69) is 45.0 Å². The molecule has 1 saturated carbocycles. The van der Waals surface area contributed by atoms with Crippen LogP contribution in [0.5, 0.6) is 0 Å². The van der Waals surface area contributed by atoms with Gasteiger partial charge in [-0.15, -0.1) is 0 Å². The van der Waals surface area contributed by atoms with Crippen molar-refractivity contribution in [1.29, 1.82) is 0 Å². The van der Waals surface area contributed by atoms with Gasteiger partial charge in [-0.1, -0.05) is 26.7 Å². The first-order valence-electron chi connectivity index (χ1n) is 7.97. The van der Waals surface area contributed by atoms with Gasteiger partial charge in [-0.2, -0.15) is 0 Å². The second kappa shape index (κ2) is 8.16. The minimum Gasteiger partial charge on any atom is -0.317 e. The van der Waals surface area contributed by atoms with Crippen LogP contribution in [0.15, 0.2) is 0 Å². The largest absolute Gasteiger partial charge is 0.317 e. The van der Waals surface area contributed by atoms with E-state index >= 15 is 0 Å². The van der Waals surface area contributed by atoms with Crippen LogP contribution in [0.1, 0.15) is 66.2 Å². The molecule has 2 unspecified atom stereocenters. The Balaban J connectivity index is 2.51. The molecule has 0 aromatic heterocycles. The zero-order chi connectivity index (χ0) is 13.5. The summed E-state index contributed by atoms with van der Waals surface area (Å²) in [5, 5.41) is 3.38. The van der Waals surface area contributed by atoms with Gasteiger partial charge >= 0.3 is 0 Å². The predicted octanol–water partition coefficient (Wildman–Crippen LogP) is 3.66. The Morgan fingerprint density at radius 2 is 1.72 bits per heavy atom. The third-order valence-electron chi connectivity index (χ3n) is 4.51. The highest BCUT2D eigenvalue weighted by molar-refractivity contribution is 4.83. The molecule has 2 atom stereocenters. The van der Waals surface area contributed by atoms with Crippen LogP contribution in [0.4, 0.5) is 0 Å². The number of hydrogen-bond acceptors (Lipinski definition) is 2. The van der Waals surface area contributed by atoms with Gasteiger partial charge in [0.15, 0.2) is 0 Å². The quantitative estimate of drug-likeness (QED) is 0.711. The summed E-state index contributed by atoms with van der Waals surface area (Å²) in [6.07, 6.45) is 8.35. The summed E-state index contributed by atoms with van der Waals surface area (Å²) < 4.78 is 0. The van der Waals surface area contributed by atoms with Crippen molar-refractivity contribution in [3.05, 3.63) is 0 Å². The zero-order valence-electron chi connectivity index (χ0n) is 13.2. The average molecular weight is 254 g/mol. The van der Waals surface area contributed by atoms with Crippen LogP contribution >= 0.6 is 0 Å². The standard InChI is InChI=1S/C16H34N2/c1-13(2)10-11-18(16-8-6-7-9-16)15(4)12-14(3)17-5/h13-17H,6-12H2,1-5H3. The van der Waals surface area contributed by atoms with E-state index in [0.717, 1.165) is 12.0 Å². The van der Waals surface area contributed by atoms with Gasteiger partial charge in [-0.05, 0) is 59.0 Å². The molecule has 0 radical (unpaired) electrons. The number of rotatable bonds is 8. The molecule has 2 nitrogen and oxygen atoms in total. The molecular formula is C16H34N2. The van der Waals surface area contributed by atoms with Crippen LogP contribution in [0.25, 0.3) is 0 Å². The molecule has 0 amide bonds. The van der Waals surface area contributed by atoms with Crippen molar-refractivity contribution in [3.63, 3.8) is 0 Å². The SMILES string of the molecule is CNC(C)CC(C)N(CCC(C)C)C1CCCC1. The van der Waals surface area contributed by atoms with Gasteiger partial charge in [-0.25, -0.2) is 0 Å². The van der Waals surface area contributed by atoms with E-state index in [1.165, 1.54) is 45.1 Å². The molecule has 0 bridgehead atoms. The van der Waals surface area contributed by atoms with Crippen LogP contribution in [0, 0.1) is 5.92 Å². The van der Waals surface area contributed by atoms with Gasteiger partial charge in [0.05, 0.1) is 0 Å². The lowest BCUT2D eigenvalue weighted by Crippen LogP contribution is -2.44. The van der Waals surface area contributed by atoms with Crippen LogP contribution in [-0.2, 0) is 0 Å². The van der Waals surface area contributed by atoms with Crippen molar-refractivity contribution in [2.75, 3.05) is 13.6 Å². The fourth-order valence-corrected chi connectivity index (χ4v) is 3.17. The molecule has 18 heavy (non-hydrogen) atoms. The van der Waals surface area contributed by atoms with Gasteiger partial charge in [0, 0.05) is 18.1 Å². The van der Waals surface area contributed by atoms with E-state index in [1.807, 2.05) is 0 Å². The highest BCUT2D eigenvalue weighted by Crippen LogP contribution is 2.27. The number of nitrogens with zero attached hydrogens (tertiary/aromatic N) is 1. The second-order valence-electron chi connectivity index (χ2n) is 6.63. The van der Waals surface area contributed by atoms with E-state index in [9.17, 15) is 0 Å². The summed E-state index contributed by atoms with van der Waals surface area (Å²) >= 11 is 0. The molecule has 0 aromatic rings. The fourth-order valence-electron chi connectivity index (χ4n) is 3.17. The summed E-state index contributed by atoms with van der Waals surface area (Å²) in [7, 11) is 2.07. The van der Waals surface area contributed by atoms with Gasteiger partial charge in [0.25, 0.3) is 0 Å². The average Bonchev–Trinajstić information content (AvgIpc) is 2.82. The van der Waals surface area contributed by atoms with Gasteiger partial charge in [0.2, 0.25) is 0 Å². The molecule has 0 heterocycles. The summed E-state index contributed by atoms with van der Waals surface area (Å²) in [6.45, 7) is 10.7. The van der Waals surface area contributed by atoms with E-state index in [0.29, 0.717) is 12.1 Å². The van der Waals surface area contributed by atoms with Crippen molar-refractivity contribution < 1.29 is 0 Å². The molecule has 1 rings (SSSR count). The van der Waals surface area contributed by atoms with Crippen LogP contribution in [-0.4, -0.2) is 36.6 Å². The topological polar surface area (TPSA) is 15.3 Å². The van der Waals surface area contributed by atoms with Crippen LogP contribution in [0.3, 0.4) is 0 Å². The number of hydrogen-bond donors (Lipinski definition) is 1. The first kappa shape index (κ1) is 16.0. The van der Waals surface area contributed by atoms with E-state index in [1.54, 1.807) is 0 Å². The Bertz CT molecular complexity index is 209. The van der Waals surface area contributed by atoms with E-state index in [-0.39, 0.29) is 0 Å². The van der Waals surface area contributed by atoms with E-state index < -0.39 is 0 Å². The Morgan fingerprint density at radius 3 is 2.22 bits per heavy atom. The highest BCUT2D eigenvalue weighted by Gasteiger charge is 2.26. The van der Waals surface area contributed by atoms with Crippen molar-refractivity contribution in [3.8, 4) is 0 Å². The first-order chi connectivity index (χ1) is 8.54. The molecule has 0 aliphatic heterocycles. The first-order valence-corrected chi connectivity index (χ1v) is 7.97. The third kappa shape index (κ3) is 5.27. The van der Waals surface area contributed by atoms with Gasteiger partial charge < -0.3 is 5.32 Å². The second-order valence-corrected chi connectivity index (χ2v) is 6.63. The van der Waals surface area contributed by atoms with Crippen molar-refractivity contribution in [2.24, 2.45) is 5.92 Å². The minimum absolute atomic E-state index is 0.628. The van der Waals surface area contributed by atoms with Crippen molar-refractivity contribution in [1.82, 2.24) is 10.2 Å². The Kier molecular flexibility index (Phi) is 7.25. The minimum atomic E-state index is 0.628. The maximum absolute atomic E-state index is 3.38. The Morgan fingerprint density at radius 1 is 1.11 bits per heavy atom. The smallest absolute Gasteiger partial charge is 0.00980 e. The monoisotopic (exact) mass is 254 g/mol. The Hall–Kier alpha value is -0.0800. The summed E-state index contributed by atoms with van der Waals surface area (Å²) in [5.74, 6) is 0.822. The summed E-state index contributed by atoms with van der Waals surface area (Å²) in [5.41, 5.74) is 0. The highest BCUT2D eigenvalue weighted by atomic mass is 15.2. The molecule has 2 heteroatoms. The molecule has 1 fully saturated rings. The lowest BCUT2D eigenvalue weighted by Gasteiger charge is -2.36.